The zero-order valence-electron chi connectivity index (χ0n) is 14.8. The quantitative estimate of drug-likeness (QED) is 0.436. The van der Waals surface area contributed by atoms with Gasteiger partial charge in [0.25, 0.3) is 0 Å². The first-order valence-electron chi connectivity index (χ1n) is 8.73. The van der Waals surface area contributed by atoms with Crippen LogP contribution in [-0.2, 0) is 6.54 Å². The van der Waals surface area contributed by atoms with Gasteiger partial charge in [0.1, 0.15) is 0 Å². The molecule has 0 aliphatic heterocycles. The van der Waals surface area contributed by atoms with Crippen molar-refractivity contribution in [1.82, 2.24) is 10.6 Å². The summed E-state index contributed by atoms with van der Waals surface area (Å²) in [6.07, 6.45) is 6.92. The minimum atomic E-state index is 0.325. The second kappa shape index (κ2) is 9.85. The molecular formula is C19H29N3O2. The van der Waals surface area contributed by atoms with Gasteiger partial charge in [-0.05, 0) is 50.3 Å². The molecule has 1 fully saturated rings. The minimum Gasteiger partial charge on any atom is -0.493 e. The molecule has 2 rings (SSSR count). The van der Waals surface area contributed by atoms with Crippen LogP contribution in [-0.4, -0.2) is 32.3 Å². The van der Waals surface area contributed by atoms with Crippen LogP contribution in [0.15, 0.2) is 35.8 Å². The Morgan fingerprint density at radius 2 is 2.08 bits per heavy atom. The van der Waals surface area contributed by atoms with Crippen LogP contribution in [0.5, 0.6) is 11.5 Å². The molecule has 0 radical (unpaired) electrons. The van der Waals surface area contributed by atoms with E-state index in [-0.39, 0.29) is 0 Å². The average molecular weight is 331 g/mol. The smallest absolute Gasteiger partial charge is 0.191 e. The molecule has 0 amide bonds. The van der Waals surface area contributed by atoms with E-state index in [2.05, 4.69) is 22.2 Å². The highest BCUT2D eigenvalue weighted by molar-refractivity contribution is 5.79. The van der Waals surface area contributed by atoms with Gasteiger partial charge in [0.2, 0.25) is 0 Å². The Hall–Kier alpha value is -2.17. The lowest BCUT2D eigenvalue weighted by molar-refractivity contribution is 0.200. The summed E-state index contributed by atoms with van der Waals surface area (Å²) in [5.74, 6) is 2.38. The molecule has 5 heteroatoms. The summed E-state index contributed by atoms with van der Waals surface area (Å²) in [7, 11) is 1.68. The average Bonchev–Trinajstić information content (AvgIpc) is 3.11. The lowest BCUT2D eigenvalue weighted by Crippen LogP contribution is -2.37. The van der Waals surface area contributed by atoms with Crippen molar-refractivity contribution in [3.8, 4) is 11.5 Å². The Labute approximate surface area is 145 Å². The topological polar surface area (TPSA) is 54.9 Å². The Kier molecular flexibility index (Phi) is 7.46. The van der Waals surface area contributed by atoms with Crippen LogP contribution in [0.3, 0.4) is 0 Å². The molecule has 24 heavy (non-hydrogen) atoms. The maximum atomic E-state index is 6.07. The molecule has 2 N–H and O–H groups in total. The van der Waals surface area contributed by atoms with E-state index < -0.39 is 0 Å². The Balaban J connectivity index is 2.02. The second-order valence-corrected chi connectivity index (χ2v) is 5.87. The number of aliphatic imine (C=N–C) groups is 1. The molecule has 1 aliphatic rings. The zero-order valence-corrected chi connectivity index (χ0v) is 14.8. The molecule has 0 atom stereocenters. The highest BCUT2D eigenvalue weighted by Crippen LogP contribution is 2.32. The van der Waals surface area contributed by atoms with Gasteiger partial charge in [-0.15, -0.1) is 6.58 Å². The molecule has 0 aromatic heterocycles. The van der Waals surface area contributed by atoms with E-state index in [1.165, 1.54) is 12.8 Å². The number of hydrogen-bond donors (Lipinski definition) is 2. The fourth-order valence-corrected chi connectivity index (χ4v) is 2.77. The van der Waals surface area contributed by atoms with Crippen molar-refractivity contribution in [3.05, 3.63) is 36.4 Å². The molecule has 0 bridgehead atoms. The number of nitrogens with zero attached hydrogens (tertiary/aromatic N) is 1. The summed E-state index contributed by atoms with van der Waals surface area (Å²) < 4.78 is 11.6. The second-order valence-electron chi connectivity index (χ2n) is 5.87. The van der Waals surface area contributed by atoms with Gasteiger partial charge in [0.05, 0.1) is 19.8 Å². The molecular weight excluding hydrogens is 302 g/mol. The van der Waals surface area contributed by atoms with Gasteiger partial charge in [0.15, 0.2) is 17.5 Å². The van der Waals surface area contributed by atoms with Gasteiger partial charge in [-0.1, -0.05) is 12.1 Å². The van der Waals surface area contributed by atoms with Gasteiger partial charge in [-0.25, -0.2) is 4.99 Å². The molecule has 1 aromatic rings. The van der Waals surface area contributed by atoms with Crippen LogP contribution in [0.4, 0.5) is 0 Å². The van der Waals surface area contributed by atoms with Gasteiger partial charge in [-0.2, -0.15) is 0 Å². The summed E-state index contributed by atoms with van der Waals surface area (Å²) in [6, 6.07) is 6.05. The zero-order chi connectivity index (χ0) is 17.2. The van der Waals surface area contributed by atoms with Crippen molar-refractivity contribution < 1.29 is 9.47 Å². The van der Waals surface area contributed by atoms with Crippen molar-refractivity contribution in [1.29, 1.82) is 0 Å². The highest BCUT2D eigenvalue weighted by Gasteiger charge is 2.18. The Bertz CT molecular complexity index is 552. The number of hydrogen-bond acceptors (Lipinski definition) is 3. The van der Waals surface area contributed by atoms with Crippen molar-refractivity contribution in [2.75, 3.05) is 20.2 Å². The monoisotopic (exact) mass is 331 g/mol. The highest BCUT2D eigenvalue weighted by atomic mass is 16.5. The normalized spacial score (nSPS) is 15.2. The molecule has 0 saturated heterocycles. The molecule has 132 valence electrons. The van der Waals surface area contributed by atoms with E-state index in [0.717, 1.165) is 42.4 Å². The largest absolute Gasteiger partial charge is 0.493 e. The van der Waals surface area contributed by atoms with E-state index in [0.29, 0.717) is 19.2 Å². The molecule has 1 saturated carbocycles. The Morgan fingerprint density at radius 1 is 1.29 bits per heavy atom. The van der Waals surface area contributed by atoms with Gasteiger partial charge in [0, 0.05) is 13.1 Å². The SMILES string of the molecule is C=CCNC(=NCc1ccc(OC2CCCC2)c(OC)c1)NCC. The third kappa shape index (κ3) is 5.48. The lowest BCUT2D eigenvalue weighted by Gasteiger charge is -2.16. The third-order valence-corrected chi connectivity index (χ3v) is 4.00. The van der Waals surface area contributed by atoms with Gasteiger partial charge < -0.3 is 20.1 Å². The first-order valence-corrected chi connectivity index (χ1v) is 8.73. The van der Waals surface area contributed by atoms with Crippen molar-refractivity contribution in [3.63, 3.8) is 0 Å². The maximum Gasteiger partial charge on any atom is 0.191 e. The molecule has 0 heterocycles. The van der Waals surface area contributed by atoms with E-state index in [4.69, 9.17) is 9.47 Å². The summed E-state index contributed by atoms with van der Waals surface area (Å²) in [4.78, 5) is 4.58. The Morgan fingerprint density at radius 3 is 2.75 bits per heavy atom. The van der Waals surface area contributed by atoms with Crippen LogP contribution >= 0.6 is 0 Å². The summed E-state index contributed by atoms with van der Waals surface area (Å²) in [5, 5.41) is 6.40. The molecule has 0 spiro atoms. The van der Waals surface area contributed by atoms with Crippen LogP contribution in [0, 0.1) is 0 Å². The van der Waals surface area contributed by atoms with E-state index in [9.17, 15) is 0 Å². The number of rotatable bonds is 8. The van der Waals surface area contributed by atoms with E-state index >= 15 is 0 Å². The van der Waals surface area contributed by atoms with Gasteiger partial charge >= 0.3 is 0 Å². The van der Waals surface area contributed by atoms with Crippen molar-refractivity contribution >= 4 is 5.96 Å². The number of guanidine groups is 1. The predicted molar refractivity (Wildman–Crippen MR) is 98.9 cm³/mol. The lowest BCUT2D eigenvalue weighted by atomic mass is 10.2. The molecule has 1 aliphatic carbocycles. The fraction of sp³-hybridized carbons (Fsp3) is 0.526. The summed E-state index contributed by atoms with van der Waals surface area (Å²) in [6.45, 7) is 7.83. The first-order chi connectivity index (χ1) is 11.8. The number of methoxy groups -OCH3 is 1. The summed E-state index contributed by atoms with van der Waals surface area (Å²) in [5.41, 5.74) is 1.08. The first kappa shape index (κ1) is 18.2. The molecule has 1 aromatic carbocycles. The van der Waals surface area contributed by atoms with Crippen LogP contribution in [0.1, 0.15) is 38.2 Å². The fourth-order valence-electron chi connectivity index (χ4n) is 2.77. The van der Waals surface area contributed by atoms with Crippen molar-refractivity contribution in [2.24, 2.45) is 4.99 Å². The van der Waals surface area contributed by atoms with Gasteiger partial charge in [-0.3, -0.25) is 0 Å². The number of nitrogens with one attached hydrogen (secondary N) is 2. The minimum absolute atomic E-state index is 0.325. The predicted octanol–water partition coefficient (Wildman–Crippen LogP) is 3.26. The van der Waals surface area contributed by atoms with E-state index in [1.54, 1.807) is 7.11 Å². The molecule has 5 nitrogen and oxygen atoms in total. The van der Waals surface area contributed by atoms with Crippen LogP contribution < -0.4 is 20.1 Å². The maximum absolute atomic E-state index is 6.07. The van der Waals surface area contributed by atoms with E-state index in [1.807, 2.05) is 31.2 Å². The third-order valence-electron chi connectivity index (χ3n) is 4.00. The molecule has 0 unspecified atom stereocenters. The van der Waals surface area contributed by atoms with Crippen LogP contribution in [0.25, 0.3) is 0 Å². The standard InChI is InChI=1S/C19H29N3O2/c1-4-12-21-19(20-5-2)22-14-15-10-11-17(18(13-15)23-3)24-16-8-6-7-9-16/h4,10-11,13,16H,1,5-9,12,14H2,2-3H3,(H2,20,21,22). The number of ether oxygens (including phenoxy) is 2. The summed E-state index contributed by atoms with van der Waals surface area (Å²) >= 11 is 0. The van der Waals surface area contributed by atoms with Crippen molar-refractivity contribution in [2.45, 2.75) is 45.3 Å². The number of benzene rings is 1. The van der Waals surface area contributed by atoms with Crippen LogP contribution in [0.2, 0.25) is 0 Å².